The summed E-state index contributed by atoms with van der Waals surface area (Å²) in [4.78, 5) is 24.6. The highest BCUT2D eigenvalue weighted by molar-refractivity contribution is 6.30. The molecule has 0 saturated heterocycles. The fraction of sp³-hybridized carbons (Fsp3) is 0. The van der Waals surface area contributed by atoms with Crippen LogP contribution < -0.4 is 4.90 Å². The molecule has 132 valence electrons. The van der Waals surface area contributed by atoms with Gasteiger partial charge in [0.1, 0.15) is 0 Å². The summed E-state index contributed by atoms with van der Waals surface area (Å²) < 4.78 is 5.44. The number of carbonyl (C=O) groups excluding carboxylic acids is 2. The van der Waals surface area contributed by atoms with Crippen LogP contribution in [-0.2, 0) is 9.59 Å². The highest BCUT2D eigenvalue weighted by Gasteiger charge is 2.25. The maximum absolute atomic E-state index is 11.8. The molecule has 0 N–H and O–H groups in total. The SMILES string of the molecule is O=C1C=CC(=O)N1c1cccc(N=Nc2nnc(-c3ccc(Cl)cc3)o2)c1. The fourth-order valence-electron chi connectivity index (χ4n) is 2.41. The Kier molecular flexibility index (Phi) is 4.31. The second-order valence-corrected chi connectivity index (χ2v) is 5.90. The minimum Gasteiger partial charge on any atom is -0.401 e. The zero-order valence-corrected chi connectivity index (χ0v) is 14.4. The molecule has 0 bridgehead atoms. The molecule has 27 heavy (non-hydrogen) atoms. The Morgan fingerprint density at radius 1 is 0.926 bits per heavy atom. The average molecular weight is 380 g/mol. The van der Waals surface area contributed by atoms with Crippen molar-refractivity contribution in [3.63, 3.8) is 0 Å². The number of anilines is 1. The van der Waals surface area contributed by atoms with E-state index < -0.39 is 11.8 Å². The van der Waals surface area contributed by atoms with Crippen LogP contribution in [0.1, 0.15) is 0 Å². The third kappa shape index (κ3) is 3.51. The minimum atomic E-state index is -0.404. The van der Waals surface area contributed by atoms with E-state index in [9.17, 15) is 9.59 Å². The van der Waals surface area contributed by atoms with E-state index in [1.807, 2.05) is 0 Å². The van der Waals surface area contributed by atoms with E-state index in [0.29, 0.717) is 22.0 Å². The van der Waals surface area contributed by atoms with Gasteiger partial charge in [0.25, 0.3) is 11.8 Å². The lowest BCUT2D eigenvalue weighted by molar-refractivity contribution is -0.119. The molecule has 0 saturated carbocycles. The molecule has 0 aliphatic carbocycles. The number of azo groups is 1. The number of hydrogen-bond acceptors (Lipinski definition) is 7. The van der Waals surface area contributed by atoms with Gasteiger partial charge in [0.15, 0.2) is 0 Å². The first kappa shape index (κ1) is 16.8. The van der Waals surface area contributed by atoms with E-state index in [2.05, 4.69) is 20.4 Å². The highest BCUT2D eigenvalue weighted by atomic mass is 35.5. The Bertz CT molecular complexity index is 1070. The van der Waals surface area contributed by atoms with E-state index in [0.717, 1.165) is 4.90 Å². The molecule has 4 rings (SSSR count). The molecular formula is C18H10ClN5O3. The highest BCUT2D eigenvalue weighted by Crippen LogP contribution is 2.27. The number of nitrogens with zero attached hydrogens (tertiary/aromatic N) is 5. The van der Waals surface area contributed by atoms with E-state index in [1.54, 1.807) is 48.5 Å². The van der Waals surface area contributed by atoms with Crippen LogP contribution in [-0.4, -0.2) is 22.0 Å². The Hall–Kier alpha value is -3.65. The number of aromatic nitrogens is 2. The molecule has 0 fully saturated rings. The molecule has 0 radical (unpaired) electrons. The molecule has 2 heterocycles. The first-order valence-electron chi connectivity index (χ1n) is 7.77. The first-order valence-corrected chi connectivity index (χ1v) is 8.15. The fourth-order valence-corrected chi connectivity index (χ4v) is 2.54. The van der Waals surface area contributed by atoms with E-state index >= 15 is 0 Å². The minimum absolute atomic E-state index is 0.0275. The summed E-state index contributed by atoms with van der Waals surface area (Å²) in [6.45, 7) is 0. The van der Waals surface area contributed by atoms with Gasteiger partial charge >= 0.3 is 6.01 Å². The summed E-state index contributed by atoms with van der Waals surface area (Å²) in [6.07, 6.45) is 2.43. The van der Waals surface area contributed by atoms with Gasteiger partial charge in [-0.3, -0.25) is 9.59 Å². The third-order valence-corrected chi connectivity index (χ3v) is 3.91. The molecule has 0 unspecified atom stereocenters. The molecule has 2 aromatic carbocycles. The van der Waals surface area contributed by atoms with Gasteiger partial charge in [0, 0.05) is 22.7 Å². The van der Waals surface area contributed by atoms with Gasteiger partial charge in [-0.1, -0.05) is 27.9 Å². The van der Waals surface area contributed by atoms with Crippen LogP contribution in [0.15, 0.2) is 75.3 Å². The molecule has 0 spiro atoms. The van der Waals surface area contributed by atoms with Gasteiger partial charge in [0.2, 0.25) is 5.89 Å². The van der Waals surface area contributed by atoms with E-state index in [1.165, 1.54) is 12.2 Å². The van der Waals surface area contributed by atoms with Gasteiger partial charge in [-0.2, -0.15) is 0 Å². The smallest absolute Gasteiger partial charge is 0.361 e. The maximum Gasteiger partial charge on any atom is 0.361 e. The average Bonchev–Trinajstić information content (AvgIpc) is 3.27. The summed E-state index contributed by atoms with van der Waals surface area (Å²) in [6, 6.07) is 13.4. The van der Waals surface area contributed by atoms with Crippen LogP contribution in [0.25, 0.3) is 11.5 Å². The first-order chi connectivity index (χ1) is 13.1. The number of imide groups is 1. The summed E-state index contributed by atoms with van der Waals surface area (Å²) in [5, 5.41) is 16.2. The van der Waals surface area contributed by atoms with Crippen LogP contribution >= 0.6 is 11.6 Å². The molecule has 0 atom stereocenters. The molecular weight excluding hydrogens is 370 g/mol. The molecule has 1 aliphatic heterocycles. The van der Waals surface area contributed by atoms with Crippen molar-refractivity contribution in [2.24, 2.45) is 10.2 Å². The number of hydrogen-bond donors (Lipinski definition) is 0. The molecule has 8 nitrogen and oxygen atoms in total. The van der Waals surface area contributed by atoms with Gasteiger partial charge in [-0.25, -0.2) is 4.90 Å². The topological polar surface area (TPSA) is 101 Å². The van der Waals surface area contributed by atoms with Gasteiger partial charge in [0.05, 0.1) is 11.4 Å². The summed E-state index contributed by atoms with van der Waals surface area (Å²) in [5.41, 5.74) is 1.53. The van der Waals surface area contributed by atoms with Gasteiger partial charge in [-0.15, -0.1) is 10.2 Å². The Morgan fingerprint density at radius 2 is 1.67 bits per heavy atom. The van der Waals surface area contributed by atoms with Crippen LogP contribution in [0.3, 0.4) is 0 Å². The molecule has 2 amide bonds. The second-order valence-electron chi connectivity index (χ2n) is 5.46. The quantitative estimate of drug-likeness (QED) is 0.498. The van der Waals surface area contributed by atoms with Crippen molar-refractivity contribution in [1.29, 1.82) is 0 Å². The number of rotatable bonds is 4. The number of carbonyl (C=O) groups is 2. The Labute approximate surface area is 157 Å². The zero-order chi connectivity index (χ0) is 18.8. The number of amides is 2. The van der Waals surface area contributed by atoms with Crippen molar-refractivity contribution in [3.8, 4) is 11.5 Å². The molecule has 1 aromatic heterocycles. The molecule has 1 aliphatic rings. The van der Waals surface area contributed by atoms with E-state index in [4.69, 9.17) is 16.0 Å². The predicted octanol–water partition coefficient (Wildman–Crippen LogP) is 4.23. The van der Waals surface area contributed by atoms with Gasteiger partial charge < -0.3 is 4.42 Å². The Morgan fingerprint density at radius 3 is 2.41 bits per heavy atom. The number of benzene rings is 2. The maximum atomic E-state index is 11.8. The molecule has 9 heteroatoms. The largest absolute Gasteiger partial charge is 0.401 e. The van der Waals surface area contributed by atoms with Crippen molar-refractivity contribution in [1.82, 2.24) is 10.2 Å². The predicted molar refractivity (Wildman–Crippen MR) is 97.0 cm³/mol. The summed E-state index contributed by atoms with van der Waals surface area (Å²) in [7, 11) is 0. The van der Waals surface area contributed by atoms with Crippen LogP contribution in [0, 0.1) is 0 Å². The van der Waals surface area contributed by atoms with Gasteiger partial charge in [-0.05, 0) is 42.5 Å². The third-order valence-electron chi connectivity index (χ3n) is 3.65. The van der Waals surface area contributed by atoms with Crippen molar-refractivity contribution in [3.05, 3.63) is 65.7 Å². The lowest BCUT2D eigenvalue weighted by atomic mass is 10.2. The standard InChI is InChI=1S/C18H10ClN5O3/c19-12-6-4-11(5-7-12)17-21-23-18(27-17)22-20-13-2-1-3-14(10-13)24-15(25)8-9-16(24)26/h1-10H. The van der Waals surface area contributed by atoms with Crippen molar-refractivity contribution in [2.45, 2.75) is 0 Å². The normalized spacial score (nSPS) is 13.9. The molecule has 3 aromatic rings. The van der Waals surface area contributed by atoms with Crippen LogP contribution in [0.2, 0.25) is 5.02 Å². The lowest BCUT2D eigenvalue weighted by Gasteiger charge is -2.13. The van der Waals surface area contributed by atoms with Crippen LogP contribution in [0.4, 0.5) is 17.4 Å². The van der Waals surface area contributed by atoms with Crippen LogP contribution in [0.5, 0.6) is 0 Å². The van der Waals surface area contributed by atoms with E-state index in [-0.39, 0.29) is 11.9 Å². The Balaban J connectivity index is 1.54. The van der Waals surface area contributed by atoms with Crippen molar-refractivity contribution in [2.75, 3.05) is 4.90 Å². The van der Waals surface area contributed by atoms with Crippen molar-refractivity contribution < 1.29 is 14.0 Å². The monoisotopic (exact) mass is 379 g/mol. The van der Waals surface area contributed by atoms with Crippen molar-refractivity contribution >= 4 is 40.8 Å². The lowest BCUT2D eigenvalue weighted by Crippen LogP contribution is -2.29. The zero-order valence-electron chi connectivity index (χ0n) is 13.6. The summed E-state index contributed by atoms with van der Waals surface area (Å²) in [5.74, 6) is -0.522. The summed E-state index contributed by atoms with van der Waals surface area (Å²) >= 11 is 5.85. The second kappa shape index (κ2) is 6.93. The number of halogens is 1.